The number of likely N-dealkylation sites (tertiary alicyclic amines) is 1. The fraction of sp³-hybridized carbons (Fsp3) is 0.474. The molecule has 0 bridgehead atoms. The lowest BCUT2D eigenvalue weighted by Crippen LogP contribution is -2.53. The van der Waals surface area contributed by atoms with Gasteiger partial charge in [-0.3, -0.25) is 9.53 Å². The number of carbonyl (C=O) groups is 1. The van der Waals surface area contributed by atoms with Crippen molar-refractivity contribution in [2.45, 2.75) is 24.5 Å². The third kappa shape index (κ3) is 4.66. The lowest BCUT2D eigenvalue weighted by atomic mass is 9.89. The minimum atomic E-state index is -4.78. The molecule has 168 valence electrons. The summed E-state index contributed by atoms with van der Waals surface area (Å²) >= 11 is 1.46. The Hall–Kier alpha value is -2.28. The van der Waals surface area contributed by atoms with Crippen LogP contribution in [0.25, 0.3) is 0 Å². The summed E-state index contributed by atoms with van der Waals surface area (Å²) in [4.78, 5) is 18.8. The predicted octanol–water partition coefficient (Wildman–Crippen LogP) is 3.31. The first kappa shape index (κ1) is 21.9. The lowest BCUT2D eigenvalue weighted by Gasteiger charge is -2.40. The highest BCUT2D eigenvalue weighted by atomic mass is 32.1. The first-order valence-electron chi connectivity index (χ1n) is 9.36. The van der Waals surface area contributed by atoms with E-state index < -0.39 is 43.0 Å². The van der Waals surface area contributed by atoms with Gasteiger partial charge >= 0.3 is 6.36 Å². The molecule has 0 saturated carbocycles. The van der Waals surface area contributed by atoms with Crippen molar-refractivity contribution in [3.8, 4) is 5.75 Å². The topological polar surface area (TPSA) is 70.1 Å². The van der Waals surface area contributed by atoms with Crippen LogP contribution < -0.4 is 4.74 Å². The van der Waals surface area contributed by atoms with Crippen molar-refractivity contribution in [1.82, 2.24) is 9.88 Å². The molecule has 0 radical (unpaired) electrons. The van der Waals surface area contributed by atoms with Gasteiger partial charge in [0, 0.05) is 30.1 Å². The molecule has 0 spiro atoms. The van der Waals surface area contributed by atoms with Crippen LogP contribution in [0.5, 0.6) is 5.75 Å². The number of thiazole rings is 1. The highest BCUT2D eigenvalue weighted by Crippen LogP contribution is 2.43. The number of nitrogens with zero attached hydrogens (tertiary/aromatic N) is 2. The van der Waals surface area contributed by atoms with E-state index in [1.165, 1.54) is 23.5 Å². The number of aromatic nitrogens is 1. The molecule has 0 unspecified atom stereocenters. The van der Waals surface area contributed by atoms with E-state index in [0.717, 1.165) is 11.1 Å². The zero-order valence-corrected chi connectivity index (χ0v) is 16.9. The maximum Gasteiger partial charge on any atom is 0.522 e. The molecule has 2 aliphatic heterocycles. The van der Waals surface area contributed by atoms with Gasteiger partial charge in [-0.25, -0.2) is 9.37 Å². The van der Waals surface area contributed by atoms with E-state index in [-0.39, 0.29) is 24.7 Å². The van der Waals surface area contributed by atoms with E-state index in [1.54, 1.807) is 11.1 Å². The summed E-state index contributed by atoms with van der Waals surface area (Å²) in [6.07, 6.45) is -3.00. The maximum absolute atomic E-state index is 14.3. The minimum absolute atomic E-state index is 0.0945. The van der Waals surface area contributed by atoms with Crippen molar-refractivity contribution in [2.75, 3.05) is 33.1 Å². The van der Waals surface area contributed by atoms with Crippen LogP contribution in [-0.2, 0) is 19.8 Å². The van der Waals surface area contributed by atoms with Gasteiger partial charge in [0.1, 0.15) is 24.5 Å². The van der Waals surface area contributed by atoms with Crippen molar-refractivity contribution >= 4 is 17.2 Å². The predicted molar refractivity (Wildman–Crippen MR) is 99.0 cm³/mol. The number of hydrogen-bond acceptors (Lipinski definition) is 7. The Kier molecular flexibility index (Phi) is 6.15. The number of halogens is 4. The number of carbonyl (C=O) groups excluding carboxylic acids is 1. The van der Waals surface area contributed by atoms with Crippen LogP contribution in [0.2, 0.25) is 0 Å². The maximum atomic E-state index is 14.3. The Bertz CT molecular complexity index is 927. The van der Waals surface area contributed by atoms with Crippen LogP contribution in [0.3, 0.4) is 0 Å². The number of amides is 1. The smallest absolute Gasteiger partial charge is 0.488 e. The standard InChI is InChI=1S/C19H18F4N2O5S/c20-13-9-12(1-2-14(13)27-6-7-29-19(21,22)23)16(26)25-5-3-18(17-24-4-8-31-17)15(10-25)28-11-30-18/h1-2,4,8-9,15H,3,5-7,10-11H2/t15-,18-/m1/s1. The summed E-state index contributed by atoms with van der Waals surface area (Å²) in [7, 11) is 0. The fourth-order valence-electron chi connectivity index (χ4n) is 3.64. The van der Waals surface area contributed by atoms with Crippen molar-refractivity contribution in [3.63, 3.8) is 0 Å². The van der Waals surface area contributed by atoms with E-state index in [2.05, 4.69) is 9.72 Å². The average molecular weight is 462 g/mol. The Balaban J connectivity index is 1.38. The highest BCUT2D eigenvalue weighted by molar-refractivity contribution is 7.09. The first-order valence-corrected chi connectivity index (χ1v) is 10.2. The number of rotatable bonds is 6. The molecule has 0 aliphatic carbocycles. The van der Waals surface area contributed by atoms with Crippen LogP contribution in [0.4, 0.5) is 17.6 Å². The molecule has 2 aromatic rings. The van der Waals surface area contributed by atoms with Gasteiger partial charge in [-0.1, -0.05) is 0 Å². The van der Waals surface area contributed by atoms with Crippen molar-refractivity contribution in [2.24, 2.45) is 0 Å². The van der Waals surface area contributed by atoms with Gasteiger partial charge in [0.25, 0.3) is 5.91 Å². The molecule has 2 saturated heterocycles. The van der Waals surface area contributed by atoms with Gasteiger partial charge in [0.05, 0.1) is 13.2 Å². The van der Waals surface area contributed by atoms with Gasteiger partial charge in [-0.2, -0.15) is 0 Å². The second-order valence-corrected chi connectivity index (χ2v) is 7.83. The zero-order chi connectivity index (χ0) is 22.1. The minimum Gasteiger partial charge on any atom is -0.488 e. The van der Waals surface area contributed by atoms with Crippen LogP contribution in [0.15, 0.2) is 29.8 Å². The van der Waals surface area contributed by atoms with E-state index in [0.29, 0.717) is 13.0 Å². The largest absolute Gasteiger partial charge is 0.522 e. The van der Waals surface area contributed by atoms with E-state index in [4.69, 9.17) is 14.2 Å². The van der Waals surface area contributed by atoms with Crippen molar-refractivity contribution in [1.29, 1.82) is 0 Å². The summed E-state index contributed by atoms with van der Waals surface area (Å²) in [5.74, 6) is -1.52. The Labute approximate surface area is 178 Å². The van der Waals surface area contributed by atoms with E-state index in [1.807, 2.05) is 5.38 Å². The molecule has 1 aromatic carbocycles. The average Bonchev–Trinajstić information content (AvgIpc) is 3.40. The van der Waals surface area contributed by atoms with Gasteiger partial charge in [0.2, 0.25) is 0 Å². The molecular weight excluding hydrogens is 444 g/mol. The van der Waals surface area contributed by atoms with Gasteiger partial charge in [-0.05, 0) is 18.2 Å². The zero-order valence-electron chi connectivity index (χ0n) is 16.1. The SMILES string of the molecule is O=C(c1ccc(OCCOC(F)(F)F)c(F)c1)N1CC[C@@]2(c3nccs3)OCO[C@@H]2C1. The second-order valence-electron chi connectivity index (χ2n) is 6.93. The molecule has 3 heterocycles. The molecule has 2 atom stereocenters. The van der Waals surface area contributed by atoms with Crippen LogP contribution in [0, 0.1) is 5.82 Å². The van der Waals surface area contributed by atoms with E-state index >= 15 is 0 Å². The van der Waals surface area contributed by atoms with Crippen molar-refractivity contribution in [3.05, 3.63) is 46.2 Å². The summed E-state index contributed by atoms with van der Waals surface area (Å²) in [5.41, 5.74) is -0.594. The molecule has 0 N–H and O–H groups in total. The molecule has 2 fully saturated rings. The van der Waals surface area contributed by atoms with Crippen LogP contribution >= 0.6 is 11.3 Å². The molecule has 1 aromatic heterocycles. The van der Waals surface area contributed by atoms with Gasteiger partial charge in [0.15, 0.2) is 17.2 Å². The summed E-state index contributed by atoms with van der Waals surface area (Å²) in [6.45, 7) is -0.541. The molecule has 2 aliphatic rings. The molecule has 31 heavy (non-hydrogen) atoms. The number of alkyl halides is 3. The van der Waals surface area contributed by atoms with Gasteiger partial charge in [-0.15, -0.1) is 24.5 Å². The third-order valence-electron chi connectivity index (χ3n) is 5.11. The second kappa shape index (κ2) is 8.69. The summed E-state index contributed by atoms with van der Waals surface area (Å²) < 4.78 is 70.2. The molecule has 1 amide bonds. The normalized spacial score (nSPS) is 23.6. The van der Waals surface area contributed by atoms with Crippen LogP contribution in [0.1, 0.15) is 21.8 Å². The number of ether oxygens (including phenoxy) is 4. The Morgan fingerprint density at radius 3 is 2.90 bits per heavy atom. The molecule has 12 heteroatoms. The molecule has 4 rings (SSSR count). The Morgan fingerprint density at radius 2 is 2.19 bits per heavy atom. The quantitative estimate of drug-likeness (QED) is 0.485. The number of hydrogen-bond donors (Lipinski definition) is 0. The van der Waals surface area contributed by atoms with Gasteiger partial charge < -0.3 is 19.1 Å². The fourth-order valence-corrected chi connectivity index (χ4v) is 4.50. The van der Waals surface area contributed by atoms with E-state index in [9.17, 15) is 22.4 Å². The molecular formula is C19H18F4N2O5S. The van der Waals surface area contributed by atoms with Crippen LogP contribution in [-0.4, -0.2) is 61.4 Å². The third-order valence-corrected chi connectivity index (χ3v) is 6.04. The summed E-state index contributed by atoms with van der Waals surface area (Å²) in [5, 5.41) is 2.64. The number of benzene rings is 1. The number of fused-ring (bicyclic) bond motifs is 1. The first-order chi connectivity index (χ1) is 14.8. The number of piperidine rings is 1. The highest BCUT2D eigenvalue weighted by Gasteiger charge is 2.52. The lowest BCUT2D eigenvalue weighted by molar-refractivity contribution is -0.325. The summed E-state index contributed by atoms with van der Waals surface area (Å²) in [6, 6.07) is 3.56. The Morgan fingerprint density at radius 1 is 1.35 bits per heavy atom. The monoisotopic (exact) mass is 462 g/mol. The molecule has 7 nitrogen and oxygen atoms in total. The van der Waals surface area contributed by atoms with Crippen molar-refractivity contribution < 1.29 is 41.3 Å².